The van der Waals surface area contributed by atoms with Gasteiger partial charge in [-0.05, 0) is 62.3 Å². The van der Waals surface area contributed by atoms with Crippen molar-refractivity contribution in [2.75, 3.05) is 31.1 Å². The van der Waals surface area contributed by atoms with Crippen molar-refractivity contribution in [3.63, 3.8) is 0 Å². The van der Waals surface area contributed by atoms with Crippen LogP contribution in [-0.2, 0) is 0 Å². The highest BCUT2D eigenvalue weighted by atomic mass is 35.5. The van der Waals surface area contributed by atoms with E-state index in [-0.39, 0.29) is 28.9 Å². The first-order chi connectivity index (χ1) is 13.8. The molecule has 1 heterocycles. The fourth-order valence-corrected chi connectivity index (χ4v) is 4.64. The number of likely N-dealkylation sites (N-methyl/N-ethyl adjacent to an activating group) is 1. The molecule has 2 aromatic carbocycles. The van der Waals surface area contributed by atoms with Crippen molar-refractivity contribution in [2.24, 2.45) is 0 Å². The van der Waals surface area contributed by atoms with Gasteiger partial charge in [0.2, 0.25) is 0 Å². The van der Waals surface area contributed by atoms with Crippen LogP contribution < -0.4 is 4.90 Å². The molecule has 8 heteroatoms. The molecule has 0 aliphatic carbocycles. The highest BCUT2D eigenvalue weighted by molar-refractivity contribution is 7.22. The number of thiazole rings is 1. The second kappa shape index (κ2) is 10.5. The number of benzene rings is 2. The highest BCUT2D eigenvalue weighted by Crippen LogP contribution is 2.33. The van der Waals surface area contributed by atoms with Crippen molar-refractivity contribution >= 4 is 56.6 Å². The van der Waals surface area contributed by atoms with Gasteiger partial charge in [0, 0.05) is 13.1 Å². The lowest BCUT2D eigenvalue weighted by Crippen LogP contribution is -2.39. The summed E-state index contributed by atoms with van der Waals surface area (Å²) in [4.78, 5) is 22.0. The Balaban J connectivity index is 0.00000320. The van der Waals surface area contributed by atoms with Crippen molar-refractivity contribution in [3.05, 3.63) is 57.9 Å². The summed E-state index contributed by atoms with van der Waals surface area (Å²) < 4.78 is 14.5. The monoisotopic (exact) mass is 469 g/mol. The predicted molar refractivity (Wildman–Crippen MR) is 127 cm³/mol. The van der Waals surface area contributed by atoms with Crippen molar-refractivity contribution in [1.29, 1.82) is 0 Å². The molecule has 0 spiro atoms. The average Bonchev–Trinajstić information content (AvgIpc) is 3.09. The van der Waals surface area contributed by atoms with Crippen molar-refractivity contribution < 1.29 is 9.18 Å². The van der Waals surface area contributed by atoms with E-state index in [1.54, 1.807) is 4.90 Å². The third-order valence-electron chi connectivity index (χ3n) is 4.98. The third kappa shape index (κ3) is 5.30. The Kier molecular flexibility index (Phi) is 8.62. The minimum Gasteiger partial charge on any atom is -0.302 e. The van der Waals surface area contributed by atoms with Gasteiger partial charge >= 0.3 is 0 Å². The van der Waals surface area contributed by atoms with Crippen LogP contribution in [0.2, 0.25) is 5.02 Å². The summed E-state index contributed by atoms with van der Waals surface area (Å²) in [6, 6.07) is 8.01. The Morgan fingerprint density at radius 1 is 1.13 bits per heavy atom. The van der Waals surface area contributed by atoms with Gasteiger partial charge in [-0.3, -0.25) is 9.69 Å². The number of halogens is 3. The van der Waals surface area contributed by atoms with Gasteiger partial charge in [-0.2, -0.15) is 0 Å². The SMILES string of the molecule is CCN(CC)CCN(C(=O)c1ccc(F)cc1Cl)c1nc2cc(C)cc(C)c2s1.Cl. The number of aryl methyl sites for hydroxylation is 2. The normalized spacial score (nSPS) is 11.0. The van der Waals surface area contributed by atoms with E-state index in [1.165, 1.54) is 29.5 Å². The molecule has 0 aliphatic heterocycles. The van der Waals surface area contributed by atoms with Gasteiger partial charge in [0.15, 0.2) is 5.13 Å². The standard InChI is InChI=1S/C22H25ClFN3OS.ClH/c1-5-26(6-2)9-10-27(21(28)17-8-7-16(24)13-18(17)23)22-25-19-12-14(3)11-15(4)20(19)29-22;/h7-8,11-13H,5-6,9-10H2,1-4H3;1H. The lowest BCUT2D eigenvalue weighted by atomic mass is 10.1. The molecule has 0 N–H and O–H groups in total. The number of hydrogen-bond acceptors (Lipinski definition) is 4. The second-order valence-electron chi connectivity index (χ2n) is 7.03. The maximum atomic E-state index is 13.5. The Labute approximate surface area is 192 Å². The molecule has 0 fully saturated rings. The number of aromatic nitrogens is 1. The largest absolute Gasteiger partial charge is 0.302 e. The van der Waals surface area contributed by atoms with Gasteiger partial charge in [-0.15, -0.1) is 12.4 Å². The molecule has 0 atom stereocenters. The molecule has 1 amide bonds. The number of amides is 1. The number of nitrogens with zero attached hydrogens (tertiary/aromatic N) is 3. The molecule has 0 saturated heterocycles. The topological polar surface area (TPSA) is 36.4 Å². The van der Waals surface area contributed by atoms with E-state index in [4.69, 9.17) is 16.6 Å². The zero-order valence-corrected chi connectivity index (χ0v) is 19.9. The van der Waals surface area contributed by atoms with Crippen LogP contribution in [0.15, 0.2) is 30.3 Å². The van der Waals surface area contributed by atoms with Crippen LogP contribution in [0, 0.1) is 19.7 Å². The number of anilines is 1. The van der Waals surface area contributed by atoms with Crippen molar-refractivity contribution in [2.45, 2.75) is 27.7 Å². The molecular weight excluding hydrogens is 444 g/mol. The Bertz CT molecular complexity index is 1040. The minimum atomic E-state index is -0.465. The summed E-state index contributed by atoms with van der Waals surface area (Å²) in [6.45, 7) is 11.3. The van der Waals surface area contributed by atoms with Crippen LogP contribution >= 0.6 is 35.3 Å². The Morgan fingerprint density at radius 2 is 1.83 bits per heavy atom. The molecular formula is C22H26Cl2FN3OS. The first-order valence-electron chi connectivity index (χ1n) is 9.71. The molecule has 30 heavy (non-hydrogen) atoms. The van der Waals surface area contributed by atoms with Gasteiger partial charge < -0.3 is 4.90 Å². The molecule has 3 aromatic rings. The molecule has 1 aromatic heterocycles. The molecule has 162 valence electrons. The van der Waals surface area contributed by atoms with Crippen molar-refractivity contribution in [3.8, 4) is 0 Å². The van der Waals surface area contributed by atoms with Crippen LogP contribution in [0.25, 0.3) is 10.2 Å². The fraction of sp³-hybridized carbons (Fsp3) is 0.364. The van der Waals surface area contributed by atoms with Crippen LogP contribution in [0.3, 0.4) is 0 Å². The fourth-order valence-electron chi connectivity index (χ4n) is 3.35. The summed E-state index contributed by atoms with van der Waals surface area (Å²) in [6.07, 6.45) is 0. The Hall–Kier alpha value is -1.73. The first-order valence-corrected chi connectivity index (χ1v) is 10.9. The molecule has 0 bridgehead atoms. The smallest absolute Gasteiger partial charge is 0.261 e. The maximum Gasteiger partial charge on any atom is 0.261 e. The van der Waals surface area contributed by atoms with Crippen LogP contribution in [0.5, 0.6) is 0 Å². The van der Waals surface area contributed by atoms with Gasteiger partial charge in [0.25, 0.3) is 5.91 Å². The summed E-state index contributed by atoms with van der Waals surface area (Å²) in [5.41, 5.74) is 3.43. The van der Waals surface area contributed by atoms with E-state index >= 15 is 0 Å². The van der Waals surface area contributed by atoms with E-state index in [0.29, 0.717) is 18.2 Å². The van der Waals surface area contributed by atoms with Crippen LogP contribution in [-0.4, -0.2) is 42.0 Å². The number of rotatable bonds is 7. The van der Waals surface area contributed by atoms with Gasteiger partial charge in [0.1, 0.15) is 5.82 Å². The number of carbonyl (C=O) groups is 1. The van der Waals surface area contributed by atoms with E-state index in [0.717, 1.165) is 34.4 Å². The maximum absolute atomic E-state index is 13.5. The van der Waals surface area contributed by atoms with Gasteiger partial charge in [-0.1, -0.05) is 42.9 Å². The average molecular weight is 470 g/mol. The van der Waals surface area contributed by atoms with Crippen LogP contribution in [0.1, 0.15) is 35.3 Å². The summed E-state index contributed by atoms with van der Waals surface area (Å²) in [5.74, 6) is -0.733. The quantitative estimate of drug-likeness (QED) is 0.418. The van der Waals surface area contributed by atoms with Crippen molar-refractivity contribution in [1.82, 2.24) is 9.88 Å². The number of carbonyl (C=O) groups excluding carboxylic acids is 1. The molecule has 4 nitrogen and oxygen atoms in total. The Morgan fingerprint density at radius 3 is 2.47 bits per heavy atom. The zero-order valence-electron chi connectivity index (χ0n) is 17.5. The van der Waals surface area contributed by atoms with E-state index in [2.05, 4.69) is 31.7 Å². The van der Waals surface area contributed by atoms with E-state index in [9.17, 15) is 9.18 Å². The number of fused-ring (bicyclic) bond motifs is 1. The molecule has 0 radical (unpaired) electrons. The number of hydrogen-bond donors (Lipinski definition) is 0. The third-order valence-corrected chi connectivity index (χ3v) is 6.52. The van der Waals surface area contributed by atoms with Gasteiger partial charge in [0.05, 0.1) is 20.8 Å². The lowest BCUT2D eigenvalue weighted by Gasteiger charge is -2.25. The summed E-state index contributed by atoms with van der Waals surface area (Å²) >= 11 is 7.68. The summed E-state index contributed by atoms with van der Waals surface area (Å²) in [7, 11) is 0. The van der Waals surface area contributed by atoms with E-state index in [1.807, 2.05) is 13.0 Å². The molecule has 3 rings (SSSR count). The predicted octanol–water partition coefficient (Wildman–Crippen LogP) is 6.12. The highest BCUT2D eigenvalue weighted by Gasteiger charge is 2.24. The van der Waals surface area contributed by atoms with Crippen LogP contribution in [0.4, 0.5) is 9.52 Å². The van der Waals surface area contributed by atoms with E-state index < -0.39 is 5.82 Å². The first kappa shape index (κ1) is 24.5. The lowest BCUT2D eigenvalue weighted by molar-refractivity contribution is 0.0984. The second-order valence-corrected chi connectivity index (χ2v) is 8.42. The zero-order chi connectivity index (χ0) is 21.1. The molecule has 0 unspecified atom stereocenters. The minimum absolute atomic E-state index is 0. The molecule has 0 saturated carbocycles. The summed E-state index contributed by atoms with van der Waals surface area (Å²) in [5, 5.41) is 0.738. The van der Waals surface area contributed by atoms with Gasteiger partial charge in [-0.25, -0.2) is 9.37 Å². The molecule has 0 aliphatic rings.